The van der Waals surface area contributed by atoms with Crippen LogP contribution in [-0.4, -0.2) is 0 Å². The van der Waals surface area contributed by atoms with E-state index in [9.17, 15) is 0 Å². The van der Waals surface area contributed by atoms with E-state index in [0.717, 1.165) is 6.42 Å². The summed E-state index contributed by atoms with van der Waals surface area (Å²) in [6, 6.07) is 17.5. The molecule has 0 saturated heterocycles. The minimum absolute atomic E-state index is 0.987. The van der Waals surface area contributed by atoms with E-state index in [1.807, 2.05) is 6.08 Å². The molecule has 0 fully saturated rings. The van der Waals surface area contributed by atoms with Crippen molar-refractivity contribution in [3.8, 4) is 0 Å². The molecule has 0 heterocycles. The first-order valence-electron chi connectivity index (χ1n) is 7.15. The van der Waals surface area contributed by atoms with Gasteiger partial charge in [0.25, 0.3) is 0 Å². The van der Waals surface area contributed by atoms with Gasteiger partial charge in [-0.3, -0.25) is 0 Å². The second-order valence-corrected chi connectivity index (χ2v) is 5.19. The van der Waals surface area contributed by atoms with Crippen molar-refractivity contribution in [3.05, 3.63) is 89.0 Å². The zero-order valence-corrected chi connectivity index (χ0v) is 12.6. The summed E-state index contributed by atoms with van der Waals surface area (Å²) in [5.41, 5.74) is 7.68. The van der Waals surface area contributed by atoms with Gasteiger partial charge < -0.3 is 0 Å². The third kappa shape index (κ3) is 3.08. The van der Waals surface area contributed by atoms with Gasteiger partial charge in [0.05, 0.1) is 0 Å². The van der Waals surface area contributed by atoms with Gasteiger partial charge in [-0.15, -0.1) is 0 Å². The van der Waals surface area contributed by atoms with Crippen LogP contribution in [0.25, 0.3) is 5.57 Å². The topological polar surface area (TPSA) is 0 Å². The van der Waals surface area contributed by atoms with Gasteiger partial charge in [-0.1, -0.05) is 79.2 Å². The fourth-order valence-electron chi connectivity index (χ4n) is 2.40. The highest BCUT2D eigenvalue weighted by Crippen LogP contribution is 2.29. The molecule has 20 heavy (non-hydrogen) atoms. The molecular formula is C20H22. The van der Waals surface area contributed by atoms with Crippen molar-refractivity contribution in [2.75, 3.05) is 0 Å². The highest BCUT2D eigenvalue weighted by Gasteiger charge is 2.09. The Morgan fingerprint density at radius 1 is 0.850 bits per heavy atom. The molecule has 0 saturated carbocycles. The summed E-state index contributed by atoms with van der Waals surface area (Å²) in [5.74, 6) is 0. The molecule has 0 radical (unpaired) electrons. The van der Waals surface area contributed by atoms with Crippen LogP contribution in [0.1, 0.15) is 35.6 Å². The lowest BCUT2D eigenvalue weighted by atomic mass is 9.91. The second-order valence-electron chi connectivity index (χ2n) is 5.19. The lowest BCUT2D eigenvalue weighted by Crippen LogP contribution is -1.93. The van der Waals surface area contributed by atoms with Crippen molar-refractivity contribution in [2.24, 2.45) is 0 Å². The summed E-state index contributed by atoms with van der Waals surface area (Å²) in [7, 11) is 0. The van der Waals surface area contributed by atoms with Crippen molar-refractivity contribution in [3.63, 3.8) is 0 Å². The summed E-state index contributed by atoms with van der Waals surface area (Å²) in [5, 5.41) is 0. The fraction of sp³-hybridized carbons (Fsp3) is 0.200. The maximum Gasteiger partial charge on any atom is -0.00796 e. The normalized spacial score (nSPS) is 10.2. The summed E-state index contributed by atoms with van der Waals surface area (Å²) in [4.78, 5) is 0. The van der Waals surface area contributed by atoms with Crippen LogP contribution in [0.4, 0.5) is 0 Å². The van der Waals surface area contributed by atoms with Crippen LogP contribution in [0.5, 0.6) is 0 Å². The molecule has 0 heteroatoms. The first-order valence-corrected chi connectivity index (χ1v) is 7.15. The standard InChI is InChI=1S/C20H22/c1-5-17(6-2)20(18-11-7-15(3)8-12-18)19-13-9-16(4)10-14-19/h5,7-14H,1,6H2,2-4H3. The maximum absolute atomic E-state index is 3.98. The van der Waals surface area contributed by atoms with E-state index in [4.69, 9.17) is 0 Å². The van der Waals surface area contributed by atoms with E-state index in [1.54, 1.807) is 0 Å². The Hall–Kier alpha value is -2.08. The molecule has 0 amide bonds. The Labute approximate surface area is 122 Å². The zero-order valence-electron chi connectivity index (χ0n) is 12.6. The van der Waals surface area contributed by atoms with E-state index in [2.05, 4.69) is 75.9 Å². The number of aryl methyl sites for hydroxylation is 2. The number of allylic oxidation sites excluding steroid dienone is 2. The molecule has 0 aliphatic carbocycles. The van der Waals surface area contributed by atoms with Crippen molar-refractivity contribution >= 4 is 5.57 Å². The van der Waals surface area contributed by atoms with Crippen LogP contribution in [0.15, 0.2) is 66.8 Å². The van der Waals surface area contributed by atoms with E-state index >= 15 is 0 Å². The second kappa shape index (κ2) is 6.38. The molecule has 0 aliphatic rings. The first-order chi connectivity index (χ1) is 9.65. The predicted octanol–water partition coefficient (Wildman–Crippen LogP) is 5.70. The molecule has 2 aromatic carbocycles. The molecule has 102 valence electrons. The molecule has 0 nitrogen and oxygen atoms in total. The van der Waals surface area contributed by atoms with Crippen molar-refractivity contribution in [1.29, 1.82) is 0 Å². The Morgan fingerprint density at radius 2 is 1.25 bits per heavy atom. The van der Waals surface area contributed by atoms with Crippen molar-refractivity contribution in [1.82, 2.24) is 0 Å². The van der Waals surface area contributed by atoms with Gasteiger partial charge >= 0.3 is 0 Å². The summed E-state index contributed by atoms with van der Waals surface area (Å²) >= 11 is 0. The van der Waals surface area contributed by atoms with Gasteiger partial charge in [-0.05, 0) is 42.5 Å². The van der Waals surface area contributed by atoms with Gasteiger partial charge in [0.15, 0.2) is 0 Å². The Morgan fingerprint density at radius 3 is 1.55 bits per heavy atom. The number of benzene rings is 2. The number of hydrogen-bond donors (Lipinski definition) is 0. The minimum atomic E-state index is 0.987. The quantitative estimate of drug-likeness (QED) is 0.620. The van der Waals surface area contributed by atoms with Crippen LogP contribution in [0.3, 0.4) is 0 Å². The van der Waals surface area contributed by atoms with Crippen molar-refractivity contribution in [2.45, 2.75) is 27.2 Å². The lowest BCUT2D eigenvalue weighted by molar-refractivity contribution is 1.15. The SMILES string of the molecule is C=CC(CC)=C(c1ccc(C)cc1)c1ccc(C)cc1. The number of rotatable bonds is 4. The highest BCUT2D eigenvalue weighted by atomic mass is 14.1. The van der Waals surface area contributed by atoms with Crippen LogP contribution >= 0.6 is 0 Å². The Bertz CT molecular complexity index is 563. The molecule has 0 spiro atoms. The van der Waals surface area contributed by atoms with E-state index in [1.165, 1.54) is 33.4 Å². The van der Waals surface area contributed by atoms with Crippen LogP contribution in [-0.2, 0) is 0 Å². The van der Waals surface area contributed by atoms with E-state index in [0.29, 0.717) is 0 Å². The molecule has 2 rings (SSSR count). The summed E-state index contributed by atoms with van der Waals surface area (Å²) in [6.45, 7) is 10.4. The molecular weight excluding hydrogens is 240 g/mol. The first kappa shape index (κ1) is 14.3. The van der Waals surface area contributed by atoms with Gasteiger partial charge in [0.2, 0.25) is 0 Å². The van der Waals surface area contributed by atoms with Gasteiger partial charge in [0, 0.05) is 0 Å². The van der Waals surface area contributed by atoms with E-state index < -0.39 is 0 Å². The van der Waals surface area contributed by atoms with Gasteiger partial charge in [-0.25, -0.2) is 0 Å². The zero-order chi connectivity index (χ0) is 14.5. The molecule has 0 aromatic heterocycles. The highest BCUT2D eigenvalue weighted by molar-refractivity contribution is 5.83. The maximum atomic E-state index is 3.98. The van der Waals surface area contributed by atoms with Crippen molar-refractivity contribution < 1.29 is 0 Å². The number of hydrogen-bond acceptors (Lipinski definition) is 0. The lowest BCUT2D eigenvalue weighted by Gasteiger charge is -2.13. The third-order valence-corrected chi connectivity index (χ3v) is 3.63. The van der Waals surface area contributed by atoms with Crippen LogP contribution in [0.2, 0.25) is 0 Å². The van der Waals surface area contributed by atoms with Crippen LogP contribution in [0, 0.1) is 13.8 Å². The Kier molecular flexibility index (Phi) is 4.57. The van der Waals surface area contributed by atoms with Crippen LogP contribution < -0.4 is 0 Å². The molecule has 0 unspecified atom stereocenters. The molecule has 0 N–H and O–H groups in total. The van der Waals surface area contributed by atoms with Gasteiger partial charge in [0.1, 0.15) is 0 Å². The summed E-state index contributed by atoms with van der Waals surface area (Å²) in [6.07, 6.45) is 2.97. The molecule has 2 aromatic rings. The average molecular weight is 262 g/mol. The van der Waals surface area contributed by atoms with Gasteiger partial charge in [-0.2, -0.15) is 0 Å². The monoisotopic (exact) mass is 262 g/mol. The molecule has 0 atom stereocenters. The Balaban J connectivity index is 2.62. The smallest absolute Gasteiger partial charge is 0.00796 e. The predicted molar refractivity (Wildman–Crippen MR) is 88.9 cm³/mol. The fourth-order valence-corrected chi connectivity index (χ4v) is 2.40. The third-order valence-electron chi connectivity index (χ3n) is 3.63. The average Bonchev–Trinajstić information content (AvgIpc) is 2.47. The summed E-state index contributed by atoms with van der Waals surface area (Å²) < 4.78 is 0. The minimum Gasteiger partial charge on any atom is -0.0988 e. The largest absolute Gasteiger partial charge is 0.0988 e. The van der Waals surface area contributed by atoms with E-state index in [-0.39, 0.29) is 0 Å². The molecule has 0 aliphatic heterocycles. The molecule has 0 bridgehead atoms.